The zero-order chi connectivity index (χ0) is 23.2. The Morgan fingerprint density at radius 3 is 1.43 bits per heavy atom. The summed E-state index contributed by atoms with van der Waals surface area (Å²) in [5.41, 5.74) is 0.235. The van der Waals surface area contributed by atoms with E-state index in [0.717, 1.165) is 0 Å². The van der Waals surface area contributed by atoms with Crippen molar-refractivity contribution in [2.75, 3.05) is 6.61 Å². The number of hydrogen-bond donors (Lipinski definition) is 0. The zero-order valence-corrected chi connectivity index (χ0v) is 17.5. The van der Waals surface area contributed by atoms with Gasteiger partial charge in [-0.15, -0.1) is 0 Å². The Bertz CT molecular complexity index is 726. The Kier molecular flexibility index (Phi) is 8.73. The smallest absolute Gasteiger partial charge is 0.335 e. The Morgan fingerprint density at radius 1 is 0.633 bits per heavy atom. The van der Waals surface area contributed by atoms with E-state index in [1.54, 1.807) is 0 Å². The highest BCUT2D eigenvalue weighted by Gasteiger charge is 2.49. The van der Waals surface area contributed by atoms with E-state index in [-0.39, 0.29) is 28.9 Å². The number of ether oxygens (including phenoxy) is 5. The maximum atomic E-state index is 12.2. The molecule has 0 saturated carbocycles. The Balaban J connectivity index is 3.32. The van der Waals surface area contributed by atoms with Crippen LogP contribution in [0.25, 0.3) is 0 Å². The van der Waals surface area contributed by atoms with E-state index in [0.29, 0.717) is 0 Å². The number of rotatable bonds is 8. The summed E-state index contributed by atoms with van der Waals surface area (Å²) in [6.45, 7) is 19.3. The van der Waals surface area contributed by atoms with Crippen LogP contribution in [-0.4, -0.2) is 55.1 Å². The molecule has 0 aliphatic carbocycles. The van der Waals surface area contributed by atoms with Crippen LogP contribution in [0.4, 0.5) is 0 Å². The molecule has 1 heterocycles. The predicted octanol–water partition coefficient (Wildman–Crippen LogP) is 1.93. The maximum absolute atomic E-state index is 12.2. The number of carbonyl (C=O) groups excluding carboxylic acids is 4. The Labute approximate surface area is 174 Å². The maximum Gasteiger partial charge on any atom is 0.335 e. The molecule has 0 unspecified atom stereocenters. The van der Waals surface area contributed by atoms with E-state index < -0.39 is 48.5 Å². The van der Waals surface area contributed by atoms with Crippen molar-refractivity contribution in [3.05, 3.63) is 48.6 Å². The molecule has 4 atom stereocenters. The lowest BCUT2D eigenvalue weighted by molar-refractivity contribution is -0.272. The molecule has 0 radical (unpaired) electrons. The van der Waals surface area contributed by atoms with Gasteiger partial charge < -0.3 is 23.7 Å². The van der Waals surface area contributed by atoms with Crippen molar-refractivity contribution >= 4 is 23.9 Å². The van der Waals surface area contributed by atoms with Gasteiger partial charge in [0.05, 0.1) is 6.61 Å². The molecule has 0 aromatic rings. The van der Waals surface area contributed by atoms with Crippen LogP contribution in [0.2, 0.25) is 0 Å². The fourth-order valence-electron chi connectivity index (χ4n) is 2.11. The molecule has 30 heavy (non-hydrogen) atoms. The van der Waals surface area contributed by atoms with Gasteiger partial charge in [0.15, 0.2) is 12.2 Å². The second kappa shape index (κ2) is 10.5. The van der Waals surface area contributed by atoms with Crippen LogP contribution in [0.1, 0.15) is 27.7 Å². The van der Waals surface area contributed by atoms with E-state index in [1.807, 2.05) is 0 Å². The van der Waals surface area contributed by atoms with Gasteiger partial charge >= 0.3 is 23.9 Å². The van der Waals surface area contributed by atoms with Gasteiger partial charge in [0.2, 0.25) is 12.4 Å². The van der Waals surface area contributed by atoms with Crippen LogP contribution in [0.15, 0.2) is 48.6 Å². The number of hydrogen-bond acceptors (Lipinski definition) is 9. The first-order valence-corrected chi connectivity index (χ1v) is 8.92. The van der Waals surface area contributed by atoms with Crippen LogP contribution in [-0.2, 0) is 42.9 Å². The number of esters is 4. The van der Waals surface area contributed by atoms with E-state index in [1.165, 1.54) is 27.7 Å². The third kappa shape index (κ3) is 6.70. The molecule has 0 bridgehead atoms. The highest BCUT2D eigenvalue weighted by atomic mass is 16.7. The Hall–Kier alpha value is -3.20. The van der Waals surface area contributed by atoms with Crippen molar-refractivity contribution in [1.29, 1.82) is 0 Å². The molecule has 0 amide bonds. The van der Waals surface area contributed by atoms with Crippen molar-refractivity contribution in [2.24, 2.45) is 0 Å². The van der Waals surface area contributed by atoms with Gasteiger partial charge in [-0.2, -0.15) is 0 Å². The van der Waals surface area contributed by atoms with Crippen LogP contribution in [0.3, 0.4) is 0 Å². The molecule has 1 aliphatic rings. The largest absolute Gasteiger partial charge is 0.452 e. The molecular weight excluding hydrogens is 396 g/mol. The third-order valence-corrected chi connectivity index (χ3v) is 3.74. The van der Waals surface area contributed by atoms with Gasteiger partial charge in [0.25, 0.3) is 0 Å². The highest BCUT2D eigenvalue weighted by molar-refractivity contribution is 5.89. The lowest BCUT2D eigenvalue weighted by Gasteiger charge is -2.40. The lowest BCUT2D eigenvalue weighted by atomic mass is 10.0. The monoisotopic (exact) mass is 422 g/mol. The summed E-state index contributed by atoms with van der Waals surface area (Å²) in [6, 6.07) is 0. The summed E-state index contributed by atoms with van der Waals surface area (Å²) in [5.74, 6) is -3.29. The summed E-state index contributed by atoms with van der Waals surface area (Å²) < 4.78 is 26.6. The normalized spacial score (nSPS) is 22.8. The van der Waals surface area contributed by atoms with Crippen LogP contribution in [0.5, 0.6) is 0 Å². The first-order chi connectivity index (χ1) is 13.8. The fourth-order valence-corrected chi connectivity index (χ4v) is 2.11. The molecule has 164 valence electrons. The molecule has 1 saturated heterocycles. The molecule has 9 nitrogen and oxygen atoms in total. The average molecular weight is 422 g/mol. The second-order valence-corrected chi connectivity index (χ2v) is 6.91. The lowest BCUT2D eigenvalue weighted by Crippen LogP contribution is -2.58. The third-order valence-electron chi connectivity index (χ3n) is 3.74. The first kappa shape index (κ1) is 24.8. The van der Waals surface area contributed by atoms with Crippen molar-refractivity contribution in [1.82, 2.24) is 0 Å². The standard InChI is InChI=1S/C21H26O9/c1-10(2)17(22)27-14-9-26-21(30-20(25)13(7)8)16(29-19(24)12(5)6)15(14)28-18(23)11(3)4/h14-16,21H,1,3,5,7,9H2,2,4,6,8H3/t14-,15-,16+,21-/m1/s1. The number of carbonyl (C=O) groups is 4. The van der Waals surface area contributed by atoms with Gasteiger partial charge in [-0.1, -0.05) is 26.3 Å². The van der Waals surface area contributed by atoms with Gasteiger partial charge in [0, 0.05) is 22.3 Å². The predicted molar refractivity (Wildman–Crippen MR) is 105 cm³/mol. The van der Waals surface area contributed by atoms with Crippen LogP contribution in [0, 0.1) is 0 Å². The van der Waals surface area contributed by atoms with E-state index in [9.17, 15) is 19.2 Å². The molecule has 1 fully saturated rings. The van der Waals surface area contributed by atoms with Crippen molar-refractivity contribution < 1.29 is 42.9 Å². The zero-order valence-electron chi connectivity index (χ0n) is 17.5. The van der Waals surface area contributed by atoms with Crippen molar-refractivity contribution in [3.8, 4) is 0 Å². The molecule has 0 aromatic carbocycles. The van der Waals surface area contributed by atoms with Gasteiger partial charge in [-0.3, -0.25) is 0 Å². The summed E-state index contributed by atoms with van der Waals surface area (Å²) in [6.07, 6.45) is -5.46. The van der Waals surface area contributed by atoms with E-state index in [4.69, 9.17) is 23.7 Å². The summed E-state index contributed by atoms with van der Waals surface area (Å²) in [4.78, 5) is 48.3. The highest BCUT2D eigenvalue weighted by Crippen LogP contribution is 2.27. The van der Waals surface area contributed by atoms with Gasteiger partial charge in [-0.25, -0.2) is 19.2 Å². The molecule has 0 aromatic heterocycles. The quantitative estimate of drug-likeness (QED) is 0.329. The SMILES string of the molecule is C=C(C)C(=O)O[C@H]1OC[C@@H](OC(=O)C(=C)C)[C@@H](OC(=O)C(=C)C)[C@@H]1OC(=O)C(=C)C. The van der Waals surface area contributed by atoms with E-state index in [2.05, 4.69) is 26.3 Å². The van der Waals surface area contributed by atoms with Gasteiger partial charge in [0.1, 0.15) is 0 Å². The second-order valence-electron chi connectivity index (χ2n) is 6.91. The molecular formula is C21H26O9. The molecule has 1 aliphatic heterocycles. The van der Waals surface area contributed by atoms with Crippen LogP contribution >= 0.6 is 0 Å². The summed E-state index contributed by atoms with van der Waals surface area (Å²) >= 11 is 0. The minimum Gasteiger partial charge on any atom is -0.452 e. The van der Waals surface area contributed by atoms with Crippen LogP contribution < -0.4 is 0 Å². The van der Waals surface area contributed by atoms with Gasteiger partial charge in [-0.05, 0) is 27.7 Å². The molecule has 1 rings (SSSR count). The van der Waals surface area contributed by atoms with E-state index >= 15 is 0 Å². The first-order valence-electron chi connectivity index (χ1n) is 8.92. The fraction of sp³-hybridized carbons (Fsp3) is 0.429. The Morgan fingerprint density at radius 2 is 1.00 bits per heavy atom. The average Bonchev–Trinajstić information content (AvgIpc) is 2.64. The molecule has 0 N–H and O–H groups in total. The summed E-state index contributed by atoms with van der Waals surface area (Å²) in [7, 11) is 0. The minimum absolute atomic E-state index is 0.0333. The molecule has 9 heteroatoms. The summed E-state index contributed by atoms with van der Waals surface area (Å²) in [5, 5.41) is 0. The molecule has 0 spiro atoms. The van der Waals surface area contributed by atoms with Crippen molar-refractivity contribution in [3.63, 3.8) is 0 Å². The topological polar surface area (TPSA) is 114 Å². The van der Waals surface area contributed by atoms with Crippen molar-refractivity contribution in [2.45, 2.75) is 52.3 Å². The minimum atomic E-state index is -1.46.